The summed E-state index contributed by atoms with van der Waals surface area (Å²) in [6, 6.07) is 6.58. The van der Waals surface area contributed by atoms with Crippen LogP contribution >= 0.6 is 0 Å². The predicted molar refractivity (Wildman–Crippen MR) is 90.8 cm³/mol. The van der Waals surface area contributed by atoms with Crippen LogP contribution in [0.4, 0.5) is 0 Å². The van der Waals surface area contributed by atoms with Crippen molar-refractivity contribution in [1.82, 2.24) is 10.2 Å². The van der Waals surface area contributed by atoms with Gasteiger partial charge in [0.25, 0.3) is 0 Å². The largest absolute Gasteiger partial charge is 0.497 e. The molecule has 22 heavy (non-hydrogen) atoms. The molecule has 1 aliphatic heterocycles. The number of benzene rings is 1. The number of hydrogen-bond acceptors (Lipinski definition) is 4. The van der Waals surface area contributed by atoms with E-state index >= 15 is 0 Å². The van der Waals surface area contributed by atoms with Crippen LogP contribution in [-0.4, -0.2) is 44.8 Å². The minimum atomic E-state index is 0.605. The summed E-state index contributed by atoms with van der Waals surface area (Å²) < 4.78 is 10.8. The van der Waals surface area contributed by atoms with Gasteiger partial charge in [-0.1, -0.05) is 13.3 Å². The van der Waals surface area contributed by atoms with Crippen molar-refractivity contribution in [2.75, 3.05) is 33.9 Å². The molecule has 0 bridgehead atoms. The third kappa shape index (κ3) is 4.89. The molecular formula is C18H30N2O2. The molecule has 0 atom stereocenters. The third-order valence-corrected chi connectivity index (χ3v) is 4.48. The average Bonchev–Trinajstić information content (AvgIpc) is 2.58. The van der Waals surface area contributed by atoms with Crippen LogP contribution < -0.4 is 14.8 Å². The minimum absolute atomic E-state index is 0.605. The highest BCUT2D eigenvalue weighted by molar-refractivity contribution is 5.40. The number of rotatable bonds is 8. The van der Waals surface area contributed by atoms with Crippen LogP contribution in [0.15, 0.2) is 18.2 Å². The van der Waals surface area contributed by atoms with E-state index in [1.165, 1.54) is 45.3 Å². The lowest BCUT2D eigenvalue weighted by Crippen LogP contribution is -2.42. The molecule has 0 spiro atoms. The summed E-state index contributed by atoms with van der Waals surface area (Å²) in [4.78, 5) is 2.59. The average molecular weight is 306 g/mol. The van der Waals surface area contributed by atoms with Gasteiger partial charge < -0.3 is 19.7 Å². The minimum Gasteiger partial charge on any atom is -0.497 e. The smallest absolute Gasteiger partial charge is 0.123 e. The number of nitrogens with one attached hydrogen (secondary N) is 1. The van der Waals surface area contributed by atoms with E-state index in [1.54, 1.807) is 14.2 Å². The Balaban J connectivity index is 1.81. The number of methoxy groups -OCH3 is 2. The highest BCUT2D eigenvalue weighted by atomic mass is 16.5. The molecule has 2 rings (SSSR count). The lowest BCUT2D eigenvalue weighted by Gasteiger charge is -2.32. The Kier molecular flexibility index (Phi) is 7.00. The van der Waals surface area contributed by atoms with E-state index in [-0.39, 0.29) is 0 Å². The number of unbranched alkanes of at least 4 members (excludes halogenated alkanes) is 1. The Hall–Kier alpha value is -1.26. The monoisotopic (exact) mass is 306 g/mol. The first-order valence-electron chi connectivity index (χ1n) is 8.43. The third-order valence-electron chi connectivity index (χ3n) is 4.48. The Labute approximate surface area is 134 Å². The molecule has 1 heterocycles. The Morgan fingerprint density at radius 1 is 1.18 bits per heavy atom. The molecule has 4 nitrogen and oxygen atoms in total. The van der Waals surface area contributed by atoms with Crippen molar-refractivity contribution < 1.29 is 9.47 Å². The van der Waals surface area contributed by atoms with E-state index in [4.69, 9.17) is 9.47 Å². The second kappa shape index (κ2) is 9.01. The molecule has 0 unspecified atom stereocenters. The molecule has 1 fully saturated rings. The van der Waals surface area contributed by atoms with Crippen molar-refractivity contribution in [2.45, 2.75) is 45.2 Å². The van der Waals surface area contributed by atoms with Crippen LogP contribution in [0.1, 0.15) is 38.2 Å². The van der Waals surface area contributed by atoms with Crippen molar-refractivity contribution in [3.63, 3.8) is 0 Å². The van der Waals surface area contributed by atoms with E-state index in [0.29, 0.717) is 6.04 Å². The molecule has 124 valence electrons. The zero-order valence-electron chi connectivity index (χ0n) is 14.2. The van der Waals surface area contributed by atoms with Crippen LogP contribution in [0.2, 0.25) is 0 Å². The van der Waals surface area contributed by atoms with Gasteiger partial charge in [-0.25, -0.2) is 0 Å². The standard InChI is InChI=1S/C18H30N2O2/c1-4-5-10-20-11-8-16(9-12-20)19-14-15-13-17(21-2)6-7-18(15)22-3/h6-7,13,16,19H,4-5,8-12,14H2,1-3H3. The molecule has 0 radical (unpaired) electrons. The first kappa shape index (κ1) is 17.1. The second-order valence-electron chi connectivity index (χ2n) is 6.03. The number of piperidine rings is 1. The van der Waals surface area contributed by atoms with E-state index in [9.17, 15) is 0 Å². The molecular weight excluding hydrogens is 276 g/mol. The van der Waals surface area contributed by atoms with E-state index in [0.717, 1.165) is 23.6 Å². The van der Waals surface area contributed by atoms with Gasteiger partial charge in [0.05, 0.1) is 14.2 Å². The fourth-order valence-electron chi connectivity index (χ4n) is 3.02. The topological polar surface area (TPSA) is 33.7 Å². The molecule has 1 aromatic rings. The van der Waals surface area contributed by atoms with Crippen LogP contribution in [0, 0.1) is 0 Å². The second-order valence-corrected chi connectivity index (χ2v) is 6.03. The number of likely N-dealkylation sites (tertiary alicyclic amines) is 1. The zero-order chi connectivity index (χ0) is 15.8. The fraction of sp³-hybridized carbons (Fsp3) is 0.667. The maximum Gasteiger partial charge on any atom is 0.123 e. The summed E-state index contributed by atoms with van der Waals surface area (Å²) in [5.74, 6) is 1.81. The molecule has 1 aliphatic rings. The number of ether oxygens (including phenoxy) is 2. The van der Waals surface area contributed by atoms with Crippen molar-refractivity contribution in [1.29, 1.82) is 0 Å². The lowest BCUT2D eigenvalue weighted by molar-refractivity contribution is 0.194. The van der Waals surface area contributed by atoms with Gasteiger partial charge in [-0.2, -0.15) is 0 Å². The molecule has 0 saturated carbocycles. The van der Waals surface area contributed by atoms with Gasteiger partial charge in [0.2, 0.25) is 0 Å². The SMILES string of the molecule is CCCCN1CCC(NCc2cc(OC)ccc2OC)CC1. The van der Waals surface area contributed by atoms with Crippen LogP contribution in [0.5, 0.6) is 11.5 Å². The predicted octanol–water partition coefficient (Wildman–Crippen LogP) is 3.06. The van der Waals surface area contributed by atoms with E-state index < -0.39 is 0 Å². The van der Waals surface area contributed by atoms with Crippen LogP contribution in [0.3, 0.4) is 0 Å². The van der Waals surface area contributed by atoms with Gasteiger partial charge >= 0.3 is 0 Å². The van der Waals surface area contributed by atoms with Gasteiger partial charge in [0.15, 0.2) is 0 Å². The van der Waals surface area contributed by atoms with Crippen molar-refractivity contribution >= 4 is 0 Å². The molecule has 1 saturated heterocycles. The summed E-state index contributed by atoms with van der Waals surface area (Å²) in [6.45, 7) is 6.78. The summed E-state index contributed by atoms with van der Waals surface area (Å²) in [5, 5.41) is 3.68. The van der Waals surface area contributed by atoms with Crippen molar-refractivity contribution in [2.24, 2.45) is 0 Å². The maximum atomic E-state index is 5.44. The van der Waals surface area contributed by atoms with Gasteiger partial charge in [0, 0.05) is 18.2 Å². The zero-order valence-corrected chi connectivity index (χ0v) is 14.2. The van der Waals surface area contributed by atoms with Crippen LogP contribution in [0.25, 0.3) is 0 Å². The number of hydrogen-bond donors (Lipinski definition) is 1. The Morgan fingerprint density at radius 3 is 2.59 bits per heavy atom. The summed E-state index contributed by atoms with van der Waals surface area (Å²) in [7, 11) is 3.42. The fourth-order valence-corrected chi connectivity index (χ4v) is 3.02. The van der Waals surface area contributed by atoms with E-state index in [2.05, 4.69) is 23.2 Å². The molecule has 1 aromatic carbocycles. The first-order chi connectivity index (χ1) is 10.8. The quantitative estimate of drug-likeness (QED) is 0.800. The summed E-state index contributed by atoms with van der Waals surface area (Å²) in [6.07, 6.45) is 5.07. The highest BCUT2D eigenvalue weighted by Gasteiger charge is 2.18. The number of nitrogens with zero attached hydrogens (tertiary/aromatic N) is 1. The maximum absolute atomic E-state index is 5.44. The molecule has 0 aliphatic carbocycles. The van der Waals surface area contributed by atoms with Gasteiger partial charge in [-0.05, 0) is 57.1 Å². The first-order valence-corrected chi connectivity index (χ1v) is 8.43. The highest BCUT2D eigenvalue weighted by Crippen LogP contribution is 2.24. The van der Waals surface area contributed by atoms with Gasteiger partial charge in [0.1, 0.15) is 11.5 Å². The van der Waals surface area contributed by atoms with Crippen LogP contribution in [-0.2, 0) is 6.54 Å². The van der Waals surface area contributed by atoms with Crippen molar-refractivity contribution in [3.8, 4) is 11.5 Å². The van der Waals surface area contributed by atoms with Gasteiger partial charge in [-0.3, -0.25) is 0 Å². The normalized spacial score (nSPS) is 16.7. The van der Waals surface area contributed by atoms with Gasteiger partial charge in [-0.15, -0.1) is 0 Å². The Morgan fingerprint density at radius 2 is 1.95 bits per heavy atom. The summed E-state index contributed by atoms with van der Waals surface area (Å²) in [5.41, 5.74) is 1.16. The molecule has 1 N–H and O–H groups in total. The lowest BCUT2D eigenvalue weighted by atomic mass is 10.0. The molecule has 0 amide bonds. The Bertz CT molecular complexity index is 443. The molecule has 0 aromatic heterocycles. The van der Waals surface area contributed by atoms with E-state index in [1.807, 2.05) is 12.1 Å². The summed E-state index contributed by atoms with van der Waals surface area (Å²) >= 11 is 0. The molecule has 4 heteroatoms. The van der Waals surface area contributed by atoms with Crippen molar-refractivity contribution in [3.05, 3.63) is 23.8 Å².